The maximum absolute atomic E-state index is 14.1. The standard InChI is InChI=1S/C16H19ClFN3/c1-2-21-15(19)14(12-8-7-11(17)9-13(12)18)20-16(21)10-5-3-4-6-10/h7-10H,2-6,19H2,1H3. The average Bonchev–Trinajstić information content (AvgIpc) is 3.07. The van der Waals surface area contributed by atoms with Gasteiger partial charge in [0.25, 0.3) is 0 Å². The van der Waals surface area contributed by atoms with Gasteiger partial charge in [0.05, 0.1) is 0 Å². The van der Waals surface area contributed by atoms with E-state index in [-0.39, 0.29) is 5.82 Å². The first-order chi connectivity index (χ1) is 10.1. The summed E-state index contributed by atoms with van der Waals surface area (Å²) in [4.78, 5) is 4.68. The van der Waals surface area contributed by atoms with Gasteiger partial charge in [0.15, 0.2) is 0 Å². The number of hydrogen-bond donors (Lipinski definition) is 1. The Kier molecular flexibility index (Phi) is 3.89. The minimum Gasteiger partial charge on any atom is -0.383 e. The van der Waals surface area contributed by atoms with Crippen LogP contribution in [0.5, 0.6) is 0 Å². The Bertz CT molecular complexity index is 660. The summed E-state index contributed by atoms with van der Waals surface area (Å²) >= 11 is 5.81. The van der Waals surface area contributed by atoms with Crippen LogP contribution >= 0.6 is 11.6 Å². The third kappa shape index (κ3) is 2.53. The molecule has 1 fully saturated rings. The van der Waals surface area contributed by atoms with E-state index < -0.39 is 0 Å². The molecule has 0 amide bonds. The zero-order valence-corrected chi connectivity index (χ0v) is 12.8. The number of halogens is 2. The summed E-state index contributed by atoms with van der Waals surface area (Å²) in [7, 11) is 0. The first-order valence-corrected chi connectivity index (χ1v) is 7.81. The van der Waals surface area contributed by atoms with E-state index in [4.69, 9.17) is 17.3 Å². The minimum atomic E-state index is -0.382. The highest BCUT2D eigenvalue weighted by Gasteiger charge is 2.26. The van der Waals surface area contributed by atoms with Crippen LogP contribution in [-0.4, -0.2) is 9.55 Å². The molecule has 2 N–H and O–H groups in total. The van der Waals surface area contributed by atoms with Crippen molar-refractivity contribution in [3.05, 3.63) is 34.9 Å². The van der Waals surface area contributed by atoms with E-state index >= 15 is 0 Å². The maximum Gasteiger partial charge on any atom is 0.134 e. The number of aromatic nitrogens is 2. The monoisotopic (exact) mass is 307 g/mol. The van der Waals surface area contributed by atoms with Gasteiger partial charge in [-0.1, -0.05) is 24.4 Å². The molecule has 1 aromatic heterocycles. The van der Waals surface area contributed by atoms with Crippen molar-refractivity contribution in [1.82, 2.24) is 9.55 Å². The summed E-state index contributed by atoms with van der Waals surface area (Å²) < 4.78 is 16.2. The number of nitrogen functional groups attached to an aromatic ring is 1. The molecule has 0 radical (unpaired) electrons. The van der Waals surface area contributed by atoms with Gasteiger partial charge >= 0.3 is 0 Å². The molecule has 3 rings (SSSR count). The summed E-state index contributed by atoms with van der Waals surface area (Å²) in [5, 5.41) is 0.376. The second kappa shape index (κ2) is 5.68. The van der Waals surface area contributed by atoms with E-state index in [2.05, 4.69) is 4.98 Å². The lowest BCUT2D eigenvalue weighted by Crippen LogP contribution is -2.08. The Morgan fingerprint density at radius 1 is 1.38 bits per heavy atom. The predicted octanol–water partition coefficient (Wildman–Crippen LogP) is 4.60. The van der Waals surface area contributed by atoms with Gasteiger partial charge in [-0.25, -0.2) is 9.37 Å². The van der Waals surface area contributed by atoms with E-state index in [9.17, 15) is 4.39 Å². The van der Waals surface area contributed by atoms with Crippen molar-refractivity contribution in [2.24, 2.45) is 0 Å². The molecule has 1 saturated carbocycles. The number of hydrogen-bond acceptors (Lipinski definition) is 2. The molecule has 0 atom stereocenters. The third-order valence-corrected chi connectivity index (χ3v) is 4.49. The van der Waals surface area contributed by atoms with E-state index in [1.54, 1.807) is 12.1 Å². The van der Waals surface area contributed by atoms with Gasteiger partial charge in [-0.15, -0.1) is 0 Å². The highest BCUT2D eigenvalue weighted by molar-refractivity contribution is 6.30. The number of nitrogens with zero attached hydrogens (tertiary/aromatic N) is 2. The molecule has 1 aliphatic carbocycles. The fourth-order valence-corrected chi connectivity index (χ4v) is 3.35. The molecular weight excluding hydrogens is 289 g/mol. The average molecular weight is 308 g/mol. The summed E-state index contributed by atoms with van der Waals surface area (Å²) in [5.41, 5.74) is 7.18. The lowest BCUT2D eigenvalue weighted by molar-refractivity contribution is 0.604. The van der Waals surface area contributed by atoms with Crippen LogP contribution in [0.3, 0.4) is 0 Å². The normalized spacial score (nSPS) is 15.8. The van der Waals surface area contributed by atoms with Crippen LogP contribution in [-0.2, 0) is 6.54 Å². The fourth-order valence-electron chi connectivity index (χ4n) is 3.19. The molecule has 0 bridgehead atoms. The Balaban J connectivity index is 2.10. The van der Waals surface area contributed by atoms with Crippen LogP contribution in [0.1, 0.15) is 44.3 Å². The van der Waals surface area contributed by atoms with Crippen LogP contribution in [0.2, 0.25) is 5.02 Å². The van der Waals surface area contributed by atoms with Crippen molar-refractivity contribution >= 4 is 17.4 Å². The number of imidazole rings is 1. The number of nitrogens with two attached hydrogens (primary N) is 1. The topological polar surface area (TPSA) is 43.8 Å². The second-order valence-electron chi connectivity index (χ2n) is 5.55. The highest BCUT2D eigenvalue weighted by atomic mass is 35.5. The van der Waals surface area contributed by atoms with Crippen molar-refractivity contribution in [3.63, 3.8) is 0 Å². The minimum absolute atomic E-state index is 0.376. The Hall–Kier alpha value is -1.55. The van der Waals surface area contributed by atoms with E-state index in [1.165, 1.54) is 18.9 Å². The molecule has 0 unspecified atom stereocenters. The molecule has 112 valence electrons. The van der Waals surface area contributed by atoms with E-state index in [1.807, 2.05) is 11.5 Å². The van der Waals surface area contributed by atoms with Gasteiger partial charge in [0, 0.05) is 23.0 Å². The Labute approximate surface area is 128 Å². The van der Waals surface area contributed by atoms with Crippen LogP contribution in [0.15, 0.2) is 18.2 Å². The van der Waals surface area contributed by atoms with E-state index in [0.29, 0.717) is 28.0 Å². The fraction of sp³-hybridized carbons (Fsp3) is 0.438. The van der Waals surface area contributed by atoms with Crippen LogP contribution in [0, 0.1) is 5.82 Å². The van der Waals surface area contributed by atoms with Crippen molar-refractivity contribution in [2.75, 3.05) is 5.73 Å². The van der Waals surface area contributed by atoms with Gasteiger partial charge < -0.3 is 10.3 Å². The predicted molar refractivity (Wildman–Crippen MR) is 83.9 cm³/mol. The van der Waals surface area contributed by atoms with Gasteiger partial charge in [0.1, 0.15) is 23.2 Å². The summed E-state index contributed by atoms with van der Waals surface area (Å²) in [5.74, 6) is 1.60. The molecule has 1 aromatic carbocycles. The summed E-state index contributed by atoms with van der Waals surface area (Å²) in [6.07, 6.45) is 4.73. The first kappa shape index (κ1) is 14.4. The smallest absolute Gasteiger partial charge is 0.134 e. The van der Waals surface area contributed by atoms with Crippen molar-refractivity contribution in [1.29, 1.82) is 0 Å². The van der Waals surface area contributed by atoms with Crippen molar-refractivity contribution in [2.45, 2.75) is 45.1 Å². The molecule has 2 aromatic rings. The quantitative estimate of drug-likeness (QED) is 0.900. The van der Waals surface area contributed by atoms with Crippen LogP contribution < -0.4 is 5.73 Å². The molecule has 0 spiro atoms. The highest BCUT2D eigenvalue weighted by Crippen LogP contribution is 2.38. The van der Waals surface area contributed by atoms with Crippen molar-refractivity contribution in [3.8, 4) is 11.3 Å². The number of benzene rings is 1. The molecular formula is C16H19ClFN3. The van der Waals surface area contributed by atoms with Gasteiger partial charge in [-0.05, 0) is 38.0 Å². The molecule has 0 aliphatic heterocycles. The zero-order valence-electron chi connectivity index (χ0n) is 12.1. The molecule has 1 aliphatic rings. The Morgan fingerprint density at radius 2 is 2.10 bits per heavy atom. The maximum atomic E-state index is 14.1. The second-order valence-corrected chi connectivity index (χ2v) is 5.99. The van der Waals surface area contributed by atoms with Crippen LogP contribution in [0.4, 0.5) is 10.2 Å². The van der Waals surface area contributed by atoms with Gasteiger partial charge in [-0.2, -0.15) is 0 Å². The number of rotatable bonds is 3. The molecule has 1 heterocycles. The number of anilines is 1. The lowest BCUT2D eigenvalue weighted by Gasteiger charge is -2.11. The SMILES string of the molecule is CCn1c(C2CCCC2)nc(-c2ccc(Cl)cc2F)c1N. The zero-order chi connectivity index (χ0) is 15.0. The Morgan fingerprint density at radius 3 is 2.71 bits per heavy atom. The van der Waals surface area contributed by atoms with Crippen LogP contribution in [0.25, 0.3) is 11.3 Å². The molecule has 0 saturated heterocycles. The van der Waals surface area contributed by atoms with E-state index in [0.717, 1.165) is 25.2 Å². The first-order valence-electron chi connectivity index (χ1n) is 7.43. The summed E-state index contributed by atoms with van der Waals surface area (Å²) in [6.45, 7) is 2.79. The largest absolute Gasteiger partial charge is 0.383 e. The van der Waals surface area contributed by atoms with Crippen molar-refractivity contribution < 1.29 is 4.39 Å². The van der Waals surface area contributed by atoms with Gasteiger partial charge in [-0.3, -0.25) is 0 Å². The van der Waals surface area contributed by atoms with Gasteiger partial charge in [0.2, 0.25) is 0 Å². The molecule has 3 nitrogen and oxygen atoms in total. The molecule has 5 heteroatoms. The third-order valence-electron chi connectivity index (χ3n) is 4.26. The molecule has 21 heavy (non-hydrogen) atoms. The summed E-state index contributed by atoms with van der Waals surface area (Å²) in [6, 6.07) is 4.62. The lowest BCUT2D eigenvalue weighted by atomic mass is 10.1.